The summed E-state index contributed by atoms with van der Waals surface area (Å²) in [4.78, 5) is 0. The van der Waals surface area contributed by atoms with Gasteiger partial charge in [-0.3, -0.25) is 0 Å². The van der Waals surface area contributed by atoms with Gasteiger partial charge >= 0.3 is 0 Å². The Bertz CT molecular complexity index is 871. The zero-order chi connectivity index (χ0) is 17.9. The zero-order valence-electron chi connectivity index (χ0n) is 14.7. The molecule has 0 radical (unpaired) electrons. The lowest BCUT2D eigenvalue weighted by molar-refractivity contribution is 0.440. The number of aromatic nitrogens is 1. The second-order valence-corrected chi connectivity index (χ2v) is 8.76. The molecule has 0 N–H and O–H groups in total. The van der Waals surface area contributed by atoms with Gasteiger partial charge in [-0.15, -0.1) is 0 Å². The Kier molecular flexibility index (Phi) is 4.91. The van der Waals surface area contributed by atoms with Crippen molar-refractivity contribution in [1.82, 2.24) is 9.58 Å². The van der Waals surface area contributed by atoms with E-state index in [2.05, 4.69) is 5.10 Å². The van der Waals surface area contributed by atoms with Crippen LogP contribution in [0.25, 0.3) is 0 Å². The predicted octanol–water partition coefficient (Wildman–Crippen LogP) is 2.56. The topological polar surface area (TPSA) is 37.6 Å². The van der Waals surface area contributed by atoms with E-state index >= 15 is 0 Å². The quantitative estimate of drug-likeness (QED) is 0.403. The second-order valence-electron chi connectivity index (χ2n) is 6.05. The normalized spacial score (nSPS) is 11.8. The fourth-order valence-corrected chi connectivity index (χ4v) is 5.66. The molecule has 0 atom stereocenters. The van der Waals surface area contributed by atoms with E-state index in [4.69, 9.17) is 0 Å². The highest BCUT2D eigenvalue weighted by molar-refractivity contribution is 7.85. The van der Waals surface area contributed by atoms with E-state index in [1.165, 1.54) is 0 Å². The van der Waals surface area contributed by atoms with Crippen LogP contribution in [0.5, 0.6) is 0 Å². The molecule has 25 heavy (non-hydrogen) atoms. The van der Waals surface area contributed by atoms with Gasteiger partial charge in [-0.05, 0) is 12.1 Å². The van der Waals surface area contributed by atoms with Gasteiger partial charge in [0.25, 0.3) is 0 Å². The van der Waals surface area contributed by atoms with Gasteiger partial charge in [0.15, 0.2) is 7.14 Å². The first-order valence-electron chi connectivity index (χ1n) is 8.12. The van der Waals surface area contributed by atoms with E-state index in [-0.39, 0.29) is 0 Å². The minimum absolute atomic E-state index is 0.796. The molecule has 3 aromatic rings. The predicted molar refractivity (Wildman–Crippen MR) is 106 cm³/mol. The Morgan fingerprint density at radius 2 is 1.40 bits per heavy atom. The van der Waals surface area contributed by atoms with Gasteiger partial charge < -0.3 is 14.1 Å². The van der Waals surface area contributed by atoms with E-state index in [1.54, 1.807) is 11.2 Å². The molecule has 0 saturated carbocycles. The largest absolute Gasteiger partial charge is 0.340 e. The van der Waals surface area contributed by atoms with Crippen molar-refractivity contribution in [3.63, 3.8) is 0 Å². The smallest absolute Gasteiger partial charge is 0.186 e. The number of nitrogens with zero attached hydrogens (tertiary/aromatic N) is 3. The van der Waals surface area contributed by atoms with Crippen molar-refractivity contribution in [2.45, 2.75) is 0 Å². The summed E-state index contributed by atoms with van der Waals surface area (Å²) >= 11 is 0. The minimum Gasteiger partial charge on any atom is -0.340 e. The standard InChI is InChI=1S/C20H22N3OP/c1-22(2)21-16-17-14-15-20(23(17)3)25(24,18-10-6-4-7-11-18)19-12-8-5-9-13-19/h4-16H,1-3H3/b21-16+. The molecule has 2 aromatic carbocycles. The van der Waals surface area contributed by atoms with Crippen LogP contribution in [0, 0.1) is 0 Å². The molecule has 0 aliphatic rings. The number of hydrogen-bond donors (Lipinski definition) is 0. The first kappa shape index (κ1) is 17.2. The Balaban J connectivity index is 2.20. The molecule has 0 bridgehead atoms. The molecule has 0 unspecified atom stereocenters. The Hall–Kier alpha value is -2.58. The molecule has 0 amide bonds. The Morgan fingerprint density at radius 3 is 1.88 bits per heavy atom. The van der Waals surface area contributed by atoms with E-state index in [0.717, 1.165) is 21.7 Å². The van der Waals surface area contributed by atoms with Crippen LogP contribution in [0.4, 0.5) is 0 Å². The van der Waals surface area contributed by atoms with Gasteiger partial charge in [0.2, 0.25) is 0 Å². The zero-order valence-corrected chi connectivity index (χ0v) is 15.6. The number of hydrazone groups is 1. The molecule has 1 heterocycles. The van der Waals surface area contributed by atoms with Crippen LogP contribution in [-0.2, 0) is 11.6 Å². The fourth-order valence-electron chi connectivity index (χ4n) is 2.83. The van der Waals surface area contributed by atoms with Crippen molar-refractivity contribution < 1.29 is 4.57 Å². The van der Waals surface area contributed by atoms with Gasteiger partial charge in [0, 0.05) is 31.8 Å². The van der Waals surface area contributed by atoms with E-state index in [0.29, 0.717) is 0 Å². The lowest BCUT2D eigenvalue weighted by atomic mass is 10.4. The highest BCUT2D eigenvalue weighted by Crippen LogP contribution is 2.42. The fraction of sp³-hybridized carbons (Fsp3) is 0.150. The highest BCUT2D eigenvalue weighted by atomic mass is 31.2. The molecule has 0 fully saturated rings. The molecule has 4 nitrogen and oxygen atoms in total. The summed E-state index contributed by atoms with van der Waals surface area (Å²) in [7, 11) is 2.73. The van der Waals surface area contributed by atoms with Crippen LogP contribution in [0.1, 0.15) is 5.69 Å². The number of rotatable bonds is 5. The van der Waals surface area contributed by atoms with E-state index in [9.17, 15) is 4.57 Å². The lowest BCUT2D eigenvalue weighted by Crippen LogP contribution is -2.29. The van der Waals surface area contributed by atoms with Crippen molar-refractivity contribution in [2.75, 3.05) is 14.1 Å². The molecule has 1 aromatic heterocycles. The van der Waals surface area contributed by atoms with Crippen LogP contribution >= 0.6 is 7.14 Å². The minimum atomic E-state index is -2.95. The van der Waals surface area contributed by atoms with Crippen molar-refractivity contribution >= 4 is 29.4 Å². The van der Waals surface area contributed by atoms with Gasteiger partial charge in [0.05, 0.1) is 17.3 Å². The third-order valence-electron chi connectivity index (χ3n) is 4.12. The second kappa shape index (κ2) is 7.12. The summed E-state index contributed by atoms with van der Waals surface area (Å²) in [6.07, 6.45) is 1.78. The summed E-state index contributed by atoms with van der Waals surface area (Å²) in [6, 6.07) is 23.3. The molecule has 0 aliphatic carbocycles. The van der Waals surface area contributed by atoms with Crippen molar-refractivity contribution in [2.24, 2.45) is 12.1 Å². The number of benzene rings is 2. The summed E-state index contributed by atoms with van der Waals surface area (Å²) in [5, 5.41) is 7.69. The lowest BCUT2D eigenvalue weighted by Gasteiger charge is -2.20. The maximum absolute atomic E-state index is 14.3. The van der Waals surface area contributed by atoms with Crippen molar-refractivity contribution in [1.29, 1.82) is 0 Å². The maximum Gasteiger partial charge on any atom is 0.186 e. The molecule has 3 rings (SSSR count). The van der Waals surface area contributed by atoms with Crippen LogP contribution in [0.15, 0.2) is 77.9 Å². The molecule has 0 saturated heterocycles. The average Bonchev–Trinajstić information content (AvgIpc) is 3.02. The molecular formula is C20H22N3OP. The van der Waals surface area contributed by atoms with Crippen LogP contribution < -0.4 is 16.0 Å². The molecule has 0 aliphatic heterocycles. The molecule has 0 spiro atoms. The van der Waals surface area contributed by atoms with Gasteiger partial charge in [-0.1, -0.05) is 60.7 Å². The number of hydrogen-bond acceptors (Lipinski definition) is 3. The van der Waals surface area contributed by atoms with Crippen molar-refractivity contribution in [3.8, 4) is 0 Å². The summed E-state index contributed by atoms with van der Waals surface area (Å²) in [6.45, 7) is 0. The van der Waals surface area contributed by atoms with Crippen LogP contribution in [0.2, 0.25) is 0 Å². The van der Waals surface area contributed by atoms with Gasteiger partial charge in [-0.25, -0.2) is 0 Å². The van der Waals surface area contributed by atoms with Gasteiger partial charge in [0.1, 0.15) is 0 Å². The van der Waals surface area contributed by atoms with Gasteiger partial charge in [-0.2, -0.15) is 5.10 Å². The van der Waals surface area contributed by atoms with Crippen LogP contribution in [-0.4, -0.2) is 29.9 Å². The van der Waals surface area contributed by atoms with E-state index in [1.807, 2.05) is 98.5 Å². The average molecular weight is 351 g/mol. The summed E-state index contributed by atoms with van der Waals surface area (Å²) in [5.41, 5.74) is 1.71. The molecule has 5 heteroatoms. The van der Waals surface area contributed by atoms with Crippen molar-refractivity contribution in [3.05, 3.63) is 78.5 Å². The molecular weight excluding hydrogens is 329 g/mol. The maximum atomic E-state index is 14.3. The van der Waals surface area contributed by atoms with Crippen LogP contribution in [0.3, 0.4) is 0 Å². The Labute approximate surface area is 148 Å². The monoisotopic (exact) mass is 351 g/mol. The Morgan fingerprint density at radius 1 is 0.880 bits per heavy atom. The molecule has 128 valence electrons. The highest BCUT2D eigenvalue weighted by Gasteiger charge is 2.32. The first-order valence-corrected chi connectivity index (χ1v) is 9.83. The van der Waals surface area contributed by atoms with E-state index < -0.39 is 7.14 Å². The third kappa shape index (κ3) is 3.31. The first-order chi connectivity index (χ1) is 12.0. The summed E-state index contributed by atoms with van der Waals surface area (Å²) < 4.78 is 16.3. The third-order valence-corrected chi connectivity index (χ3v) is 7.26. The SMILES string of the molecule is CN(C)/N=C/c1ccc(P(=O)(c2ccccc2)c2ccccc2)n1C. The summed E-state index contributed by atoms with van der Waals surface area (Å²) in [5.74, 6) is 0.